The van der Waals surface area contributed by atoms with E-state index in [0.717, 1.165) is 5.56 Å². The van der Waals surface area contributed by atoms with Gasteiger partial charge < -0.3 is 15.8 Å². The molecule has 35 heavy (non-hydrogen) atoms. The van der Waals surface area contributed by atoms with Crippen LogP contribution in [0.15, 0.2) is 65.8 Å². The third kappa shape index (κ3) is 5.30. The van der Waals surface area contributed by atoms with Crippen molar-refractivity contribution in [2.45, 2.75) is 26.8 Å². The first-order chi connectivity index (χ1) is 16.7. The Morgan fingerprint density at radius 2 is 1.86 bits per heavy atom. The van der Waals surface area contributed by atoms with Crippen LogP contribution in [-0.4, -0.2) is 25.7 Å². The van der Waals surface area contributed by atoms with Gasteiger partial charge in [0.05, 0.1) is 11.9 Å². The van der Waals surface area contributed by atoms with Crippen LogP contribution in [0, 0.1) is 6.92 Å². The molecule has 0 atom stereocenters. The Labute approximate surface area is 206 Å². The molecular weight excluding hydrogens is 468 g/mol. The zero-order valence-electron chi connectivity index (χ0n) is 19.3. The molecule has 0 bridgehead atoms. The summed E-state index contributed by atoms with van der Waals surface area (Å²) in [4.78, 5) is 34.2. The quantitative estimate of drug-likeness (QED) is 0.395. The van der Waals surface area contributed by atoms with E-state index < -0.39 is 11.3 Å². The van der Waals surface area contributed by atoms with Crippen molar-refractivity contribution in [1.82, 2.24) is 19.7 Å². The Kier molecular flexibility index (Phi) is 6.79. The number of hydrogen-bond acceptors (Lipinski definition) is 7. The molecule has 178 valence electrons. The number of rotatable bonds is 6. The number of aromatic nitrogens is 4. The van der Waals surface area contributed by atoms with E-state index in [1.54, 1.807) is 29.1 Å². The van der Waals surface area contributed by atoms with Gasteiger partial charge >= 0.3 is 0 Å². The summed E-state index contributed by atoms with van der Waals surface area (Å²) in [5.41, 5.74) is 7.55. The summed E-state index contributed by atoms with van der Waals surface area (Å²) in [5, 5.41) is 7.13. The van der Waals surface area contributed by atoms with E-state index in [0.29, 0.717) is 22.6 Å². The molecule has 0 radical (unpaired) electrons. The third-order valence-electron chi connectivity index (χ3n) is 5.13. The van der Waals surface area contributed by atoms with E-state index in [1.165, 1.54) is 12.4 Å². The summed E-state index contributed by atoms with van der Waals surface area (Å²) >= 11 is 6.09. The van der Waals surface area contributed by atoms with Crippen LogP contribution < -0.4 is 21.2 Å². The molecule has 10 heteroatoms. The molecule has 3 aromatic heterocycles. The van der Waals surface area contributed by atoms with E-state index >= 15 is 0 Å². The van der Waals surface area contributed by atoms with Gasteiger partial charge in [-0.1, -0.05) is 41.4 Å². The van der Waals surface area contributed by atoms with Gasteiger partial charge in [0.1, 0.15) is 10.8 Å². The molecule has 3 N–H and O–H groups in total. The summed E-state index contributed by atoms with van der Waals surface area (Å²) in [7, 11) is 0. The van der Waals surface area contributed by atoms with Crippen LogP contribution >= 0.6 is 11.6 Å². The molecule has 0 saturated heterocycles. The Balaban J connectivity index is 1.59. The fraction of sp³-hybridized carbons (Fsp3) is 0.160. The maximum Gasteiger partial charge on any atom is 0.280 e. The molecule has 0 unspecified atom stereocenters. The number of nitrogens with two attached hydrogens (primary N) is 1. The minimum Gasteiger partial charge on any atom is -0.437 e. The van der Waals surface area contributed by atoms with Crippen molar-refractivity contribution in [2.24, 2.45) is 0 Å². The number of nitrogens with one attached hydrogen (secondary N) is 1. The van der Waals surface area contributed by atoms with E-state index in [1.807, 2.05) is 45.0 Å². The van der Waals surface area contributed by atoms with Gasteiger partial charge in [-0.25, -0.2) is 9.97 Å². The third-order valence-corrected chi connectivity index (χ3v) is 5.51. The van der Waals surface area contributed by atoms with Crippen LogP contribution in [0.1, 0.15) is 35.9 Å². The van der Waals surface area contributed by atoms with Crippen molar-refractivity contribution in [1.29, 1.82) is 0 Å². The highest BCUT2D eigenvalue weighted by Crippen LogP contribution is 2.31. The number of anilines is 2. The number of ether oxygens (including phenoxy) is 1. The number of amides is 1. The zero-order chi connectivity index (χ0) is 25.1. The molecular formula is C25H23ClN6O3. The lowest BCUT2D eigenvalue weighted by molar-refractivity contribution is 0.101. The Bertz CT molecular complexity index is 1430. The van der Waals surface area contributed by atoms with Crippen molar-refractivity contribution in [3.8, 4) is 22.8 Å². The summed E-state index contributed by atoms with van der Waals surface area (Å²) in [6.45, 7) is 5.81. The lowest BCUT2D eigenvalue weighted by Crippen LogP contribution is -2.28. The molecule has 4 rings (SSSR count). The first-order valence-corrected chi connectivity index (χ1v) is 11.2. The molecule has 1 amide bonds. The number of carbonyl (C=O) groups excluding carboxylic acids is 1. The van der Waals surface area contributed by atoms with E-state index in [4.69, 9.17) is 22.1 Å². The van der Waals surface area contributed by atoms with Crippen molar-refractivity contribution in [2.75, 3.05) is 11.1 Å². The number of carbonyl (C=O) groups is 1. The van der Waals surface area contributed by atoms with Crippen molar-refractivity contribution in [3.63, 3.8) is 0 Å². The minimum atomic E-state index is -0.640. The number of halogens is 1. The predicted molar refractivity (Wildman–Crippen MR) is 135 cm³/mol. The van der Waals surface area contributed by atoms with E-state index in [9.17, 15) is 9.59 Å². The highest BCUT2D eigenvalue weighted by molar-refractivity contribution is 6.34. The Morgan fingerprint density at radius 1 is 1.11 bits per heavy atom. The van der Waals surface area contributed by atoms with Crippen LogP contribution in [0.5, 0.6) is 11.6 Å². The number of hydrogen-bond donors (Lipinski definition) is 2. The molecule has 0 fully saturated rings. The van der Waals surface area contributed by atoms with Gasteiger partial charge in [0.15, 0.2) is 11.4 Å². The fourth-order valence-electron chi connectivity index (χ4n) is 3.20. The topological polar surface area (TPSA) is 125 Å². The second-order valence-corrected chi connectivity index (χ2v) is 8.49. The smallest absolute Gasteiger partial charge is 0.280 e. The van der Waals surface area contributed by atoms with Crippen LogP contribution in [0.3, 0.4) is 0 Å². The van der Waals surface area contributed by atoms with Gasteiger partial charge in [0.2, 0.25) is 11.3 Å². The van der Waals surface area contributed by atoms with Gasteiger partial charge in [0, 0.05) is 36.1 Å². The minimum absolute atomic E-state index is 0.0569. The van der Waals surface area contributed by atoms with Crippen LogP contribution in [0.25, 0.3) is 11.1 Å². The zero-order valence-corrected chi connectivity index (χ0v) is 20.1. The largest absolute Gasteiger partial charge is 0.437 e. The van der Waals surface area contributed by atoms with Gasteiger partial charge in [-0.15, -0.1) is 0 Å². The Hall–Kier alpha value is -4.24. The number of pyridine rings is 2. The first-order valence-electron chi connectivity index (χ1n) is 10.8. The normalized spacial score (nSPS) is 10.9. The summed E-state index contributed by atoms with van der Waals surface area (Å²) in [6, 6.07) is 12.2. The van der Waals surface area contributed by atoms with Gasteiger partial charge in [0.25, 0.3) is 5.91 Å². The highest BCUT2D eigenvalue weighted by atomic mass is 35.5. The molecule has 0 aliphatic carbocycles. The van der Waals surface area contributed by atoms with Crippen molar-refractivity contribution >= 4 is 29.0 Å². The van der Waals surface area contributed by atoms with E-state index in [2.05, 4.69) is 20.4 Å². The second-order valence-electron chi connectivity index (χ2n) is 8.11. The van der Waals surface area contributed by atoms with Gasteiger partial charge in [-0.2, -0.15) is 5.10 Å². The molecule has 0 aliphatic rings. The average molecular weight is 491 g/mol. The standard InChI is InChI=1S/C25H23ClN6O3/c1-14(2)32-13-18(16-6-4-15(3)5-7-16)23(33)22(31-32)25(34)30-17-8-9-20(29-12-17)35-19-10-11-28-24(27)21(19)26/h4-14H,1-3H3,(H2,27,28)(H,30,34). The maximum atomic E-state index is 13.2. The van der Waals surface area contributed by atoms with Crippen LogP contribution in [0.4, 0.5) is 11.5 Å². The van der Waals surface area contributed by atoms with Gasteiger partial charge in [-0.3, -0.25) is 14.3 Å². The van der Waals surface area contributed by atoms with E-state index in [-0.39, 0.29) is 28.5 Å². The van der Waals surface area contributed by atoms with Crippen LogP contribution in [-0.2, 0) is 0 Å². The molecule has 0 aliphatic heterocycles. The fourth-order valence-corrected chi connectivity index (χ4v) is 3.35. The van der Waals surface area contributed by atoms with Crippen molar-refractivity contribution in [3.05, 3.63) is 87.6 Å². The summed E-state index contributed by atoms with van der Waals surface area (Å²) < 4.78 is 7.23. The highest BCUT2D eigenvalue weighted by Gasteiger charge is 2.19. The molecule has 4 aromatic rings. The monoisotopic (exact) mass is 490 g/mol. The van der Waals surface area contributed by atoms with Crippen LogP contribution in [0.2, 0.25) is 5.02 Å². The van der Waals surface area contributed by atoms with Crippen molar-refractivity contribution < 1.29 is 9.53 Å². The number of benzene rings is 1. The summed E-state index contributed by atoms with van der Waals surface area (Å²) in [6.07, 6.45) is 4.53. The first kappa shape index (κ1) is 23.9. The SMILES string of the molecule is Cc1ccc(-c2cn(C(C)C)nc(C(=O)Nc3ccc(Oc4ccnc(N)c4Cl)nc3)c2=O)cc1. The lowest BCUT2D eigenvalue weighted by Gasteiger charge is -2.14. The predicted octanol–water partition coefficient (Wildman–Crippen LogP) is 4.87. The maximum absolute atomic E-state index is 13.2. The second kappa shape index (κ2) is 9.94. The number of nitrogens with zero attached hydrogens (tertiary/aromatic N) is 4. The number of nitrogen functional groups attached to an aromatic ring is 1. The Morgan fingerprint density at radius 3 is 2.51 bits per heavy atom. The molecule has 9 nitrogen and oxygen atoms in total. The average Bonchev–Trinajstić information content (AvgIpc) is 2.84. The van der Waals surface area contributed by atoms with Gasteiger partial charge in [-0.05, 0) is 32.4 Å². The summed E-state index contributed by atoms with van der Waals surface area (Å²) in [5.74, 6) is 0.0335. The molecule has 0 saturated carbocycles. The number of aryl methyl sites for hydroxylation is 1. The lowest BCUT2D eigenvalue weighted by atomic mass is 10.0. The molecule has 3 heterocycles. The molecule has 1 aromatic carbocycles. The molecule has 0 spiro atoms.